The first-order valence-electron chi connectivity index (χ1n) is 11.7. The maximum absolute atomic E-state index is 12.4. The molecule has 168 valence electrons. The summed E-state index contributed by atoms with van der Waals surface area (Å²) in [5.74, 6) is 0.134. The van der Waals surface area contributed by atoms with E-state index in [9.17, 15) is 9.59 Å². The lowest BCUT2D eigenvalue weighted by atomic mass is 9.74. The van der Waals surface area contributed by atoms with Crippen LogP contribution in [0.2, 0.25) is 0 Å². The minimum Gasteiger partial charge on any atom is -0.444 e. The van der Waals surface area contributed by atoms with Crippen molar-refractivity contribution in [2.75, 3.05) is 50.8 Å². The van der Waals surface area contributed by atoms with E-state index in [1.165, 1.54) is 5.56 Å². The van der Waals surface area contributed by atoms with E-state index in [0.29, 0.717) is 19.3 Å². The largest absolute Gasteiger partial charge is 0.444 e. The van der Waals surface area contributed by atoms with Crippen molar-refractivity contribution in [3.63, 3.8) is 0 Å². The van der Waals surface area contributed by atoms with Gasteiger partial charge in [0.1, 0.15) is 6.10 Å². The number of ether oxygens (including phenoxy) is 2. The molecule has 0 N–H and O–H groups in total. The first kappa shape index (κ1) is 20.8. The van der Waals surface area contributed by atoms with E-state index in [1.807, 2.05) is 15.9 Å². The number of para-hydroxylation sites is 1. The minimum atomic E-state index is -0.182. The van der Waals surface area contributed by atoms with E-state index in [0.717, 1.165) is 70.5 Å². The first-order chi connectivity index (χ1) is 15.1. The number of hydrogen-bond donors (Lipinski definition) is 0. The van der Waals surface area contributed by atoms with Crippen LogP contribution in [0.3, 0.4) is 0 Å². The summed E-state index contributed by atoms with van der Waals surface area (Å²) in [7, 11) is 0. The number of anilines is 1. The summed E-state index contributed by atoms with van der Waals surface area (Å²) in [6.45, 7) is 7.32. The zero-order valence-corrected chi connectivity index (χ0v) is 18.4. The molecule has 0 radical (unpaired) electrons. The summed E-state index contributed by atoms with van der Waals surface area (Å²) in [6, 6.07) is 8.96. The minimum absolute atomic E-state index is 0.0765. The van der Waals surface area contributed by atoms with E-state index in [-0.39, 0.29) is 23.5 Å². The second-order valence-electron chi connectivity index (χ2n) is 9.53. The van der Waals surface area contributed by atoms with E-state index in [1.54, 1.807) is 6.92 Å². The molecule has 1 atom stereocenters. The Morgan fingerprint density at radius 3 is 2.48 bits per heavy atom. The van der Waals surface area contributed by atoms with Gasteiger partial charge in [-0.1, -0.05) is 18.2 Å². The second-order valence-corrected chi connectivity index (χ2v) is 9.53. The molecule has 0 aliphatic carbocycles. The number of likely N-dealkylation sites (tertiary alicyclic amines) is 2. The van der Waals surface area contributed by atoms with Gasteiger partial charge in [0.2, 0.25) is 5.91 Å². The van der Waals surface area contributed by atoms with E-state index >= 15 is 0 Å². The van der Waals surface area contributed by atoms with E-state index in [4.69, 9.17) is 9.47 Å². The van der Waals surface area contributed by atoms with Gasteiger partial charge < -0.3 is 24.2 Å². The second kappa shape index (κ2) is 8.43. The molecule has 4 aliphatic heterocycles. The van der Waals surface area contributed by atoms with Crippen LogP contribution in [0.4, 0.5) is 10.5 Å². The first-order valence-corrected chi connectivity index (χ1v) is 11.7. The van der Waals surface area contributed by atoms with Gasteiger partial charge in [-0.05, 0) is 50.4 Å². The van der Waals surface area contributed by atoms with Gasteiger partial charge in [0.05, 0.1) is 13.2 Å². The van der Waals surface area contributed by atoms with Gasteiger partial charge >= 0.3 is 6.09 Å². The van der Waals surface area contributed by atoms with Gasteiger partial charge in [-0.15, -0.1) is 0 Å². The molecule has 1 unspecified atom stereocenters. The fourth-order valence-electron chi connectivity index (χ4n) is 5.89. The molecule has 3 saturated heterocycles. The summed E-state index contributed by atoms with van der Waals surface area (Å²) in [6.07, 6.45) is 4.71. The molecule has 1 aromatic carbocycles. The Bertz CT molecular complexity index is 822. The standard InChI is InChI=1S/C24H33N3O4/c1-18(28)27-17-24(21-4-2-3-5-22(21)27)9-13-25(14-10-24)19-6-11-26(12-7-19)23(29)31-20-8-15-30-16-20/h2-5,19-20H,6-17H2,1H3. The van der Waals surface area contributed by atoms with Gasteiger partial charge in [0.25, 0.3) is 0 Å². The van der Waals surface area contributed by atoms with Crippen LogP contribution in [-0.4, -0.2) is 79.9 Å². The van der Waals surface area contributed by atoms with Gasteiger partial charge in [-0.3, -0.25) is 4.79 Å². The van der Waals surface area contributed by atoms with Gasteiger partial charge in [0.15, 0.2) is 0 Å². The topological polar surface area (TPSA) is 62.3 Å². The highest BCUT2D eigenvalue weighted by Gasteiger charge is 2.46. The lowest BCUT2D eigenvalue weighted by molar-refractivity contribution is -0.116. The van der Waals surface area contributed by atoms with Crippen molar-refractivity contribution in [3.05, 3.63) is 29.8 Å². The molecule has 4 heterocycles. The van der Waals surface area contributed by atoms with Crippen LogP contribution in [0.1, 0.15) is 44.6 Å². The Morgan fingerprint density at radius 1 is 1.06 bits per heavy atom. The maximum atomic E-state index is 12.4. The van der Waals surface area contributed by atoms with Crippen LogP contribution in [0.15, 0.2) is 24.3 Å². The van der Waals surface area contributed by atoms with E-state index in [2.05, 4.69) is 23.1 Å². The highest BCUT2D eigenvalue weighted by molar-refractivity contribution is 5.94. The van der Waals surface area contributed by atoms with Gasteiger partial charge in [-0.25, -0.2) is 4.79 Å². The maximum Gasteiger partial charge on any atom is 0.410 e. The zero-order valence-electron chi connectivity index (χ0n) is 18.4. The number of piperidine rings is 2. The van der Waals surface area contributed by atoms with Crippen LogP contribution >= 0.6 is 0 Å². The molecule has 1 spiro atoms. The molecule has 7 heteroatoms. The molecule has 3 fully saturated rings. The molecule has 7 nitrogen and oxygen atoms in total. The molecule has 1 aromatic rings. The summed E-state index contributed by atoms with van der Waals surface area (Å²) in [4.78, 5) is 31.0. The summed E-state index contributed by atoms with van der Waals surface area (Å²) < 4.78 is 10.9. The summed E-state index contributed by atoms with van der Waals surface area (Å²) >= 11 is 0. The van der Waals surface area contributed by atoms with Crippen LogP contribution in [0.25, 0.3) is 0 Å². The molecule has 0 aromatic heterocycles. The normalized spacial score (nSPS) is 26.3. The fraction of sp³-hybridized carbons (Fsp3) is 0.667. The summed E-state index contributed by atoms with van der Waals surface area (Å²) in [5.41, 5.74) is 2.54. The third-order valence-electron chi connectivity index (χ3n) is 7.76. The number of hydrogen-bond acceptors (Lipinski definition) is 5. The molecule has 2 amide bonds. The van der Waals surface area contributed by atoms with Crippen molar-refractivity contribution in [2.24, 2.45) is 0 Å². The van der Waals surface area contributed by atoms with Crippen LogP contribution in [-0.2, 0) is 19.7 Å². The average molecular weight is 428 g/mol. The third kappa shape index (κ3) is 3.94. The Hall–Kier alpha value is -2.12. The number of benzene rings is 1. The third-order valence-corrected chi connectivity index (χ3v) is 7.76. The Labute approximate surface area is 184 Å². The van der Waals surface area contributed by atoms with Crippen molar-refractivity contribution < 1.29 is 19.1 Å². The van der Waals surface area contributed by atoms with Crippen LogP contribution < -0.4 is 4.90 Å². The lowest BCUT2D eigenvalue weighted by Crippen LogP contribution is -2.52. The van der Waals surface area contributed by atoms with Crippen LogP contribution in [0, 0.1) is 0 Å². The smallest absolute Gasteiger partial charge is 0.410 e. The predicted octanol–water partition coefficient (Wildman–Crippen LogP) is 2.78. The molecule has 0 bridgehead atoms. The zero-order chi connectivity index (χ0) is 21.4. The molecule has 4 aliphatic rings. The number of carbonyl (C=O) groups is 2. The summed E-state index contributed by atoms with van der Waals surface area (Å²) in [5, 5.41) is 0. The number of rotatable bonds is 2. The van der Waals surface area contributed by atoms with Crippen molar-refractivity contribution in [1.82, 2.24) is 9.80 Å². The quantitative estimate of drug-likeness (QED) is 0.726. The Morgan fingerprint density at radius 2 is 1.81 bits per heavy atom. The van der Waals surface area contributed by atoms with Crippen LogP contribution in [0.5, 0.6) is 0 Å². The molecule has 0 saturated carbocycles. The number of nitrogens with zero attached hydrogens (tertiary/aromatic N) is 3. The van der Waals surface area contributed by atoms with Gasteiger partial charge in [0, 0.05) is 50.1 Å². The number of fused-ring (bicyclic) bond motifs is 2. The Balaban J connectivity index is 1.16. The predicted molar refractivity (Wildman–Crippen MR) is 117 cm³/mol. The highest BCUT2D eigenvalue weighted by atomic mass is 16.6. The number of amides is 2. The van der Waals surface area contributed by atoms with E-state index < -0.39 is 0 Å². The SMILES string of the molecule is CC(=O)N1CC2(CCN(C3CCN(C(=O)OC4CCOC4)CC3)CC2)c2ccccc21. The molecule has 5 rings (SSSR count). The van der Waals surface area contributed by atoms with Crippen molar-refractivity contribution in [2.45, 2.75) is 56.6 Å². The van der Waals surface area contributed by atoms with Crippen molar-refractivity contribution in [3.8, 4) is 0 Å². The number of carbonyl (C=O) groups excluding carboxylic acids is 2. The highest BCUT2D eigenvalue weighted by Crippen LogP contribution is 2.47. The molecule has 31 heavy (non-hydrogen) atoms. The van der Waals surface area contributed by atoms with Crippen molar-refractivity contribution >= 4 is 17.7 Å². The fourth-order valence-corrected chi connectivity index (χ4v) is 5.89. The van der Waals surface area contributed by atoms with Gasteiger partial charge in [-0.2, -0.15) is 0 Å². The monoisotopic (exact) mass is 427 g/mol. The molecular formula is C24H33N3O4. The lowest BCUT2D eigenvalue weighted by Gasteiger charge is -2.45. The van der Waals surface area contributed by atoms with Crippen molar-refractivity contribution in [1.29, 1.82) is 0 Å². The molecular weight excluding hydrogens is 394 g/mol. The Kier molecular flexibility index (Phi) is 5.65. The average Bonchev–Trinajstić information content (AvgIpc) is 3.41.